The van der Waals surface area contributed by atoms with Gasteiger partial charge in [0.1, 0.15) is 11.9 Å². The Balaban J connectivity index is 1.62. The molecule has 32 heavy (non-hydrogen) atoms. The molecule has 1 unspecified atom stereocenters. The van der Waals surface area contributed by atoms with Crippen molar-refractivity contribution in [3.05, 3.63) is 65.3 Å². The van der Waals surface area contributed by atoms with Crippen LogP contribution in [-0.2, 0) is 6.18 Å². The highest BCUT2D eigenvalue weighted by molar-refractivity contribution is 6.28. The standard InChI is InChI=1S/C22H19ClF3N5O/c1-12(2)31-11-17(22(24,25)26)29-19(31)15-8-6-14(7-9-15)13(3)32-20-18-16(5-4-10-27-18)28-21(23)30-20/h4-13H,1-3H3. The minimum absolute atomic E-state index is 0.0454. The van der Waals surface area contributed by atoms with E-state index in [1.165, 1.54) is 4.57 Å². The maximum Gasteiger partial charge on any atom is 0.434 e. The Labute approximate surface area is 187 Å². The molecule has 4 rings (SSSR count). The lowest BCUT2D eigenvalue weighted by atomic mass is 10.1. The predicted molar refractivity (Wildman–Crippen MR) is 114 cm³/mol. The van der Waals surface area contributed by atoms with Crippen LogP contribution in [0, 0.1) is 0 Å². The van der Waals surface area contributed by atoms with Gasteiger partial charge in [0, 0.05) is 24.0 Å². The molecule has 0 saturated carbocycles. The molecule has 0 bridgehead atoms. The Morgan fingerprint density at radius 1 is 1.00 bits per heavy atom. The van der Waals surface area contributed by atoms with Gasteiger partial charge >= 0.3 is 6.18 Å². The van der Waals surface area contributed by atoms with Gasteiger partial charge in [-0.3, -0.25) is 0 Å². The number of alkyl halides is 3. The van der Waals surface area contributed by atoms with Crippen LogP contribution in [0.1, 0.15) is 44.2 Å². The molecule has 4 aromatic rings. The van der Waals surface area contributed by atoms with Crippen molar-refractivity contribution in [1.29, 1.82) is 0 Å². The topological polar surface area (TPSA) is 65.7 Å². The summed E-state index contributed by atoms with van der Waals surface area (Å²) in [6.45, 7) is 5.44. The Morgan fingerprint density at radius 2 is 1.72 bits per heavy atom. The molecule has 0 radical (unpaired) electrons. The number of benzene rings is 1. The van der Waals surface area contributed by atoms with Crippen molar-refractivity contribution in [2.45, 2.75) is 39.1 Å². The summed E-state index contributed by atoms with van der Waals surface area (Å²) in [4.78, 5) is 16.3. The van der Waals surface area contributed by atoms with Crippen LogP contribution in [0.25, 0.3) is 22.4 Å². The first-order valence-corrected chi connectivity index (χ1v) is 10.2. The van der Waals surface area contributed by atoms with E-state index < -0.39 is 18.0 Å². The summed E-state index contributed by atoms with van der Waals surface area (Å²) in [5, 5.41) is 0.0454. The summed E-state index contributed by atoms with van der Waals surface area (Å²) >= 11 is 6.00. The highest BCUT2D eigenvalue weighted by Gasteiger charge is 2.35. The summed E-state index contributed by atoms with van der Waals surface area (Å²) in [5.41, 5.74) is 1.50. The van der Waals surface area contributed by atoms with Gasteiger partial charge in [0.15, 0.2) is 11.2 Å². The number of fused-ring (bicyclic) bond motifs is 1. The Kier molecular flexibility index (Phi) is 5.77. The van der Waals surface area contributed by atoms with Crippen molar-refractivity contribution in [2.24, 2.45) is 0 Å². The molecule has 166 valence electrons. The first-order chi connectivity index (χ1) is 15.1. The van der Waals surface area contributed by atoms with E-state index in [0.29, 0.717) is 16.6 Å². The van der Waals surface area contributed by atoms with Crippen LogP contribution in [0.3, 0.4) is 0 Å². The molecule has 3 heterocycles. The van der Waals surface area contributed by atoms with Gasteiger partial charge in [-0.25, -0.2) is 15.0 Å². The lowest BCUT2D eigenvalue weighted by molar-refractivity contribution is -0.140. The van der Waals surface area contributed by atoms with E-state index in [1.807, 2.05) is 6.92 Å². The fourth-order valence-corrected chi connectivity index (χ4v) is 3.44. The second-order valence-electron chi connectivity index (χ2n) is 7.50. The molecule has 0 fully saturated rings. The smallest absolute Gasteiger partial charge is 0.434 e. The first-order valence-electron chi connectivity index (χ1n) is 9.85. The third-order valence-electron chi connectivity index (χ3n) is 4.90. The van der Waals surface area contributed by atoms with Crippen LogP contribution in [0.4, 0.5) is 13.2 Å². The lowest BCUT2D eigenvalue weighted by Gasteiger charge is -2.16. The van der Waals surface area contributed by atoms with Gasteiger partial charge in [0.05, 0.1) is 5.52 Å². The van der Waals surface area contributed by atoms with E-state index >= 15 is 0 Å². The Hall–Kier alpha value is -3.20. The van der Waals surface area contributed by atoms with E-state index in [4.69, 9.17) is 16.3 Å². The predicted octanol–water partition coefficient (Wildman–Crippen LogP) is 6.28. The number of ether oxygens (including phenoxy) is 1. The van der Waals surface area contributed by atoms with Crippen LogP contribution in [0.15, 0.2) is 48.8 Å². The van der Waals surface area contributed by atoms with Crippen molar-refractivity contribution in [3.8, 4) is 17.3 Å². The number of aromatic nitrogens is 5. The van der Waals surface area contributed by atoms with Gasteiger partial charge in [0.25, 0.3) is 0 Å². The molecule has 0 N–H and O–H groups in total. The van der Waals surface area contributed by atoms with Crippen LogP contribution in [0.5, 0.6) is 5.88 Å². The molecule has 0 spiro atoms. The average molecular weight is 462 g/mol. The number of pyridine rings is 1. The fourth-order valence-electron chi connectivity index (χ4n) is 3.27. The quantitative estimate of drug-likeness (QED) is 0.327. The molecule has 0 aliphatic heterocycles. The lowest BCUT2D eigenvalue weighted by Crippen LogP contribution is -2.06. The molecule has 0 saturated heterocycles. The van der Waals surface area contributed by atoms with E-state index in [2.05, 4.69) is 19.9 Å². The average Bonchev–Trinajstić information content (AvgIpc) is 3.20. The SMILES string of the molecule is CC(Oc1nc(Cl)nc2cccnc12)c1ccc(-c2nc(C(F)(F)F)cn2C(C)C)cc1. The summed E-state index contributed by atoms with van der Waals surface area (Å²) < 4.78 is 47.0. The molecular formula is C22H19ClF3N5O. The van der Waals surface area contributed by atoms with Crippen molar-refractivity contribution in [1.82, 2.24) is 24.5 Å². The second-order valence-corrected chi connectivity index (χ2v) is 7.84. The molecule has 1 aromatic carbocycles. The summed E-state index contributed by atoms with van der Waals surface area (Å²) in [7, 11) is 0. The van der Waals surface area contributed by atoms with E-state index in [0.717, 1.165) is 11.8 Å². The highest BCUT2D eigenvalue weighted by atomic mass is 35.5. The van der Waals surface area contributed by atoms with Gasteiger partial charge in [-0.1, -0.05) is 24.3 Å². The molecule has 10 heteroatoms. The fraction of sp³-hybridized carbons (Fsp3) is 0.273. The molecule has 0 aliphatic carbocycles. The molecule has 0 amide bonds. The molecule has 1 atom stereocenters. The molecular weight excluding hydrogens is 443 g/mol. The van der Waals surface area contributed by atoms with Crippen LogP contribution < -0.4 is 4.74 Å². The number of imidazole rings is 1. The van der Waals surface area contributed by atoms with Gasteiger partial charge < -0.3 is 9.30 Å². The molecule has 0 aliphatic rings. The minimum atomic E-state index is -4.51. The van der Waals surface area contributed by atoms with Crippen LogP contribution in [-0.4, -0.2) is 24.5 Å². The maximum atomic E-state index is 13.2. The number of rotatable bonds is 5. The Bertz CT molecular complexity index is 1250. The zero-order chi connectivity index (χ0) is 23.0. The minimum Gasteiger partial charge on any atom is -0.468 e. The van der Waals surface area contributed by atoms with Crippen LogP contribution in [0.2, 0.25) is 5.28 Å². The van der Waals surface area contributed by atoms with Crippen LogP contribution >= 0.6 is 11.6 Å². The zero-order valence-corrected chi connectivity index (χ0v) is 18.2. The second kappa shape index (κ2) is 8.38. The number of nitrogens with zero attached hydrogens (tertiary/aromatic N) is 5. The maximum absolute atomic E-state index is 13.2. The van der Waals surface area contributed by atoms with E-state index in [1.54, 1.807) is 56.4 Å². The van der Waals surface area contributed by atoms with Crippen molar-refractivity contribution in [3.63, 3.8) is 0 Å². The highest BCUT2D eigenvalue weighted by Crippen LogP contribution is 2.33. The van der Waals surface area contributed by atoms with Gasteiger partial charge in [-0.15, -0.1) is 0 Å². The third-order valence-corrected chi connectivity index (χ3v) is 5.07. The van der Waals surface area contributed by atoms with E-state index in [9.17, 15) is 13.2 Å². The first kappa shape index (κ1) is 22.0. The monoisotopic (exact) mass is 461 g/mol. The normalized spacial score (nSPS) is 13.0. The van der Waals surface area contributed by atoms with Gasteiger partial charge in [-0.2, -0.15) is 18.2 Å². The summed E-state index contributed by atoms with van der Waals surface area (Å²) in [5.74, 6) is 0.507. The third kappa shape index (κ3) is 4.38. The van der Waals surface area contributed by atoms with Gasteiger partial charge in [-0.05, 0) is 50.1 Å². The summed E-state index contributed by atoms with van der Waals surface area (Å²) in [6, 6.07) is 10.3. The number of hydrogen-bond donors (Lipinski definition) is 0. The molecule has 6 nitrogen and oxygen atoms in total. The summed E-state index contributed by atoms with van der Waals surface area (Å²) in [6.07, 6.45) is -2.28. The van der Waals surface area contributed by atoms with Crippen molar-refractivity contribution >= 4 is 22.6 Å². The van der Waals surface area contributed by atoms with Crippen molar-refractivity contribution < 1.29 is 17.9 Å². The number of halogens is 4. The van der Waals surface area contributed by atoms with Crippen molar-refractivity contribution in [2.75, 3.05) is 0 Å². The van der Waals surface area contributed by atoms with Gasteiger partial charge in [0.2, 0.25) is 11.2 Å². The Morgan fingerprint density at radius 3 is 2.38 bits per heavy atom. The zero-order valence-electron chi connectivity index (χ0n) is 17.4. The largest absolute Gasteiger partial charge is 0.468 e. The van der Waals surface area contributed by atoms with E-state index in [-0.39, 0.29) is 23.0 Å². The molecule has 3 aromatic heterocycles. The number of hydrogen-bond acceptors (Lipinski definition) is 5.